The summed E-state index contributed by atoms with van der Waals surface area (Å²) in [5.74, 6) is 0.844. The molecule has 9 nitrogen and oxygen atoms in total. The summed E-state index contributed by atoms with van der Waals surface area (Å²) in [6.07, 6.45) is 1.40. The molecule has 0 aliphatic carbocycles. The second-order valence-electron chi connectivity index (χ2n) is 6.68. The van der Waals surface area contributed by atoms with Crippen molar-refractivity contribution in [3.8, 4) is 0 Å². The highest BCUT2D eigenvalue weighted by Gasteiger charge is 2.24. The first-order valence-electron chi connectivity index (χ1n) is 9.44. The van der Waals surface area contributed by atoms with Gasteiger partial charge in [0.15, 0.2) is 5.65 Å². The van der Waals surface area contributed by atoms with Gasteiger partial charge in [-0.2, -0.15) is 15.1 Å². The largest absolute Gasteiger partial charge is 0.450 e. The lowest BCUT2D eigenvalue weighted by Crippen LogP contribution is -2.49. The van der Waals surface area contributed by atoms with Gasteiger partial charge < -0.3 is 19.9 Å². The Morgan fingerprint density at radius 3 is 2.59 bits per heavy atom. The smallest absolute Gasteiger partial charge is 0.409 e. The summed E-state index contributed by atoms with van der Waals surface area (Å²) in [5, 5.41) is 8.28. The van der Waals surface area contributed by atoms with Crippen molar-refractivity contribution < 1.29 is 13.9 Å². The molecule has 0 bridgehead atoms. The topological polar surface area (TPSA) is 88.4 Å². The van der Waals surface area contributed by atoms with Crippen molar-refractivity contribution in [3.05, 3.63) is 36.3 Å². The van der Waals surface area contributed by atoms with E-state index in [2.05, 4.69) is 20.4 Å². The standard InChI is InChI=1S/C19H22FN7O2/c1-3-29-19(28)27-10-8-26(9-11-27)18-23-16(15-12-21-25(2)17(15)24-18)22-14-6-4-13(20)5-7-14/h4-7,12H,3,8-11H2,1-2H3,(H,22,23,24). The van der Waals surface area contributed by atoms with Crippen molar-refractivity contribution in [2.24, 2.45) is 7.05 Å². The van der Waals surface area contributed by atoms with Crippen molar-refractivity contribution in [1.29, 1.82) is 0 Å². The summed E-state index contributed by atoms with van der Waals surface area (Å²) in [6, 6.07) is 6.08. The van der Waals surface area contributed by atoms with E-state index in [1.807, 2.05) is 11.9 Å². The van der Waals surface area contributed by atoms with Crippen LogP contribution in [-0.2, 0) is 11.8 Å². The summed E-state index contributed by atoms with van der Waals surface area (Å²) in [6.45, 7) is 4.41. The molecule has 4 rings (SSSR count). The number of benzene rings is 1. The molecule has 152 valence electrons. The molecule has 0 atom stereocenters. The quantitative estimate of drug-likeness (QED) is 0.721. The van der Waals surface area contributed by atoms with Crippen LogP contribution in [0.15, 0.2) is 30.5 Å². The maximum atomic E-state index is 13.2. The van der Waals surface area contributed by atoms with E-state index in [1.165, 1.54) is 12.1 Å². The fourth-order valence-electron chi connectivity index (χ4n) is 3.22. The number of amides is 1. The molecule has 0 spiro atoms. The molecule has 1 saturated heterocycles. The Morgan fingerprint density at radius 2 is 1.90 bits per heavy atom. The van der Waals surface area contributed by atoms with Crippen molar-refractivity contribution >= 4 is 34.6 Å². The number of piperazine rings is 1. The van der Waals surface area contributed by atoms with Gasteiger partial charge in [-0.3, -0.25) is 4.68 Å². The minimum atomic E-state index is -0.301. The van der Waals surface area contributed by atoms with Crippen molar-refractivity contribution in [2.75, 3.05) is 43.0 Å². The van der Waals surface area contributed by atoms with Crippen LogP contribution in [0.4, 0.5) is 26.6 Å². The summed E-state index contributed by atoms with van der Waals surface area (Å²) < 4.78 is 20.0. The first-order valence-corrected chi connectivity index (χ1v) is 9.44. The summed E-state index contributed by atoms with van der Waals surface area (Å²) in [7, 11) is 1.82. The molecule has 1 amide bonds. The minimum absolute atomic E-state index is 0.297. The average Bonchev–Trinajstić information content (AvgIpc) is 3.11. The Kier molecular flexibility index (Phi) is 5.15. The van der Waals surface area contributed by atoms with Crippen LogP contribution in [0.25, 0.3) is 11.0 Å². The van der Waals surface area contributed by atoms with Gasteiger partial charge in [-0.05, 0) is 31.2 Å². The molecule has 0 radical (unpaired) electrons. The number of aryl methyl sites for hydroxylation is 1. The second-order valence-corrected chi connectivity index (χ2v) is 6.68. The number of halogens is 1. The number of ether oxygens (including phenoxy) is 1. The highest BCUT2D eigenvalue weighted by atomic mass is 19.1. The molecule has 1 aliphatic heterocycles. The van der Waals surface area contributed by atoms with Crippen LogP contribution in [0.5, 0.6) is 0 Å². The van der Waals surface area contributed by atoms with E-state index in [-0.39, 0.29) is 11.9 Å². The summed E-state index contributed by atoms with van der Waals surface area (Å²) in [5.41, 5.74) is 1.40. The highest BCUT2D eigenvalue weighted by molar-refractivity contribution is 5.89. The van der Waals surface area contributed by atoms with Gasteiger partial charge >= 0.3 is 6.09 Å². The van der Waals surface area contributed by atoms with E-state index < -0.39 is 0 Å². The van der Waals surface area contributed by atoms with Crippen LogP contribution in [0.2, 0.25) is 0 Å². The fraction of sp³-hybridized carbons (Fsp3) is 0.368. The van der Waals surface area contributed by atoms with Crippen LogP contribution in [0.1, 0.15) is 6.92 Å². The monoisotopic (exact) mass is 399 g/mol. The zero-order valence-corrected chi connectivity index (χ0v) is 16.3. The summed E-state index contributed by atoms with van der Waals surface area (Å²) >= 11 is 0. The molecule has 3 heterocycles. The molecule has 29 heavy (non-hydrogen) atoms. The Hall–Kier alpha value is -3.43. The Bertz CT molecular complexity index is 1010. The third kappa shape index (κ3) is 3.91. The fourth-order valence-corrected chi connectivity index (χ4v) is 3.22. The van der Waals surface area contributed by atoms with Gasteiger partial charge in [-0.25, -0.2) is 9.18 Å². The third-order valence-electron chi connectivity index (χ3n) is 4.78. The van der Waals surface area contributed by atoms with Crippen molar-refractivity contribution in [3.63, 3.8) is 0 Å². The number of carbonyl (C=O) groups excluding carboxylic acids is 1. The average molecular weight is 399 g/mol. The lowest BCUT2D eigenvalue weighted by Gasteiger charge is -2.34. The molecule has 3 aromatic rings. The number of aromatic nitrogens is 4. The van der Waals surface area contributed by atoms with Crippen molar-refractivity contribution in [1.82, 2.24) is 24.6 Å². The van der Waals surface area contributed by atoms with Crippen LogP contribution in [0, 0.1) is 5.82 Å². The van der Waals surface area contributed by atoms with Gasteiger partial charge in [0.2, 0.25) is 5.95 Å². The van der Waals surface area contributed by atoms with Crippen LogP contribution in [0.3, 0.4) is 0 Å². The summed E-state index contributed by atoms with van der Waals surface area (Å²) in [4.78, 5) is 25.0. The van der Waals surface area contributed by atoms with E-state index in [9.17, 15) is 9.18 Å². The van der Waals surface area contributed by atoms with Crippen LogP contribution < -0.4 is 10.2 Å². The zero-order chi connectivity index (χ0) is 20.4. The lowest BCUT2D eigenvalue weighted by molar-refractivity contribution is 0.105. The van der Waals surface area contributed by atoms with E-state index in [4.69, 9.17) is 4.74 Å². The normalized spacial score (nSPS) is 14.3. The Morgan fingerprint density at radius 1 is 1.17 bits per heavy atom. The number of rotatable bonds is 4. The van der Waals surface area contributed by atoms with Crippen LogP contribution >= 0.6 is 0 Å². The number of anilines is 3. The lowest BCUT2D eigenvalue weighted by atomic mass is 10.3. The zero-order valence-electron chi connectivity index (χ0n) is 16.3. The second kappa shape index (κ2) is 7.90. The number of fused-ring (bicyclic) bond motifs is 1. The maximum Gasteiger partial charge on any atom is 0.409 e. The predicted molar refractivity (Wildman–Crippen MR) is 107 cm³/mol. The van der Waals surface area contributed by atoms with Gasteiger partial charge in [0.25, 0.3) is 0 Å². The Labute approximate surface area is 167 Å². The van der Waals surface area contributed by atoms with Gasteiger partial charge in [0, 0.05) is 38.9 Å². The molecule has 0 saturated carbocycles. The molecule has 10 heteroatoms. The first-order chi connectivity index (χ1) is 14.0. The van der Waals surface area contributed by atoms with E-state index in [0.717, 1.165) is 5.39 Å². The molecule has 0 unspecified atom stereocenters. The molecule has 1 N–H and O–H groups in total. The highest BCUT2D eigenvalue weighted by Crippen LogP contribution is 2.26. The number of hydrogen-bond donors (Lipinski definition) is 1. The molecule has 1 aromatic carbocycles. The van der Waals surface area contributed by atoms with Gasteiger partial charge in [0.1, 0.15) is 11.6 Å². The van der Waals surface area contributed by atoms with Crippen LogP contribution in [-0.4, -0.2) is 63.5 Å². The van der Waals surface area contributed by atoms with E-state index >= 15 is 0 Å². The molecular weight excluding hydrogens is 377 g/mol. The third-order valence-corrected chi connectivity index (χ3v) is 4.78. The van der Waals surface area contributed by atoms with E-state index in [1.54, 1.807) is 34.8 Å². The molecular formula is C19H22FN7O2. The Balaban J connectivity index is 1.59. The number of hydrogen-bond acceptors (Lipinski definition) is 7. The van der Waals surface area contributed by atoms with Gasteiger partial charge in [-0.1, -0.05) is 0 Å². The predicted octanol–water partition coefficient (Wildman–Crippen LogP) is 2.52. The first kappa shape index (κ1) is 18.9. The number of carbonyl (C=O) groups is 1. The van der Waals surface area contributed by atoms with Gasteiger partial charge in [0.05, 0.1) is 18.2 Å². The molecule has 1 aliphatic rings. The maximum absolute atomic E-state index is 13.2. The number of nitrogens with zero attached hydrogens (tertiary/aromatic N) is 6. The van der Waals surface area contributed by atoms with Crippen molar-refractivity contribution in [2.45, 2.75) is 6.92 Å². The molecule has 1 fully saturated rings. The molecule has 2 aromatic heterocycles. The number of nitrogens with one attached hydrogen (secondary N) is 1. The SMILES string of the molecule is CCOC(=O)N1CCN(c2nc(Nc3ccc(F)cc3)c3cnn(C)c3n2)CC1. The minimum Gasteiger partial charge on any atom is -0.450 e. The van der Waals surface area contributed by atoms with E-state index in [0.29, 0.717) is 55.9 Å². The van der Waals surface area contributed by atoms with Gasteiger partial charge in [-0.15, -0.1) is 0 Å².